The Labute approximate surface area is 312 Å². The summed E-state index contributed by atoms with van der Waals surface area (Å²) in [6, 6.07) is 19.2. The van der Waals surface area contributed by atoms with Gasteiger partial charge < -0.3 is 10.1 Å². The molecule has 0 spiro atoms. The molecule has 0 unspecified atom stereocenters. The number of ketones is 1. The fraction of sp³-hybridized carbons (Fsp3) is 0.465. The number of hydrogen-bond donors (Lipinski definition) is 1. The van der Waals surface area contributed by atoms with Crippen molar-refractivity contribution in [1.29, 1.82) is 0 Å². The van der Waals surface area contributed by atoms with E-state index in [-0.39, 0.29) is 54.3 Å². The number of rotatable bonds is 9. The van der Waals surface area contributed by atoms with E-state index in [4.69, 9.17) is 9.97 Å². The molecule has 6 heteroatoms. The second kappa shape index (κ2) is 16.9. The molecule has 0 aliphatic heterocycles. The number of carbonyl (C=O) groups is 1. The molecule has 4 nitrogen and oxygen atoms in total. The SMILES string of the molecule is CCC(CC)C(=O)/C=C(\O)C(CC)CC.Cc1ccc2[c-]c(-c3nccc4c3sc3cc(CC(C)(C)C)ccc34)nc(C(C)(C)C)c2c1.[Ir]. The third-order valence-electron chi connectivity index (χ3n) is 9.11. The number of benzene rings is 2. The predicted molar refractivity (Wildman–Crippen MR) is 207 cm³/mol. The van der Waals surface area contributed by atoms with Crippen LogP contribution in [0.5, 0.6) is 0 Å². The quantitative estimate of drug-likeness (QED) is 0.0911. The molecule has 265 valence electrons. The minimum absolute atomic E-state index is 0. The summed E-state index contributed by atoms with van der Waals surface area (Å²) in [5.74, 6) is 0.547. The molecule has 0 amide bonds. The number of aliphatic hydroxyl groups excluding tert-OH is 1. The van der Waals surface area contributed by atoms with Crippen LogP contribution < -0.4 is 0 Å². The molecular formula is C43H55IrN2O2S-. The Morgan fingerprint density at radius 3 is 2.12 bits per heavy atom. The van der Waals surface area contributed by atoms with Crippen LogP contribution in [0.1, 0.15) is 112 Å². The number of aromatic nitrogens is 2. The van der Waals surface area contributed by atoms with Crippen LogP contribution in [0.3, 0.4) is 0 Å². The Hall–Kier alpha value is -2.92. The summed E-state index contributed by atoms with van der Waals surface area (Å²) < 4.78 is 2.50. The van der Waals surface area contributed by atoms with Gasteiger partial charge >= 0.3 is 0 Å². The van der Waals surface area contributed by atoms with E-state index in [1.807, 2.05) is 45.2 Å². The number of pyridine rings is 2. The molecule has 3 heterocycles. The third kappa shape index (κ3) is 9.87. The van der Waals surface area contributed by atoms with Gasteiger partial charge in [0.05, 0.1) is 5.76 Å². The summed E-state index contributed by atoms with van der Waals surface area (Å²) in [6.45, 7) is 23.8. The molecule has 49 heavy (non-hydrogen) atoms. The van der Waals surface area contributed by atoms with E-state index in [1.54, 1.807) is 0 Å². The maximum atomic E-state index is 11.7. The van der Waals surface area contributed by atoms with Crippen molar-refractivity contribution in [3.8, 4) is 11.4 Å². The van der Waals surface area contributed by atoms with E-state index in [0.717, 1.165) is 54.6 Å². The number of carbonyl (C=O) groups excluding carboxylic acids is 1. The molecule has 0 aliphatic rings. The standard InChI is InChI=1S/C30H31N2S.C13H24O2.Ir/c1-18-8-10-20-16-24(32-28(23(20)14-18)30(5,6)7)26-27-22(12-13-31-26)21-11-9-19(15-25(21)33-27)17-29(2,3)4;1-5-10(6-2)12(14)9-13(15)11(7-3)8-4;/h8-15H,17H2,1-7H3;9-11,14H,5-8H2,1-4H3;/q-1;;/b;12-9-;. The Morgan fingerprint density at radius 2 is 1.53 bits per heavy atom. The van der Waals surface area contributed by atoms with Gasteiger partial charge in [0.15, 0.2) is 5.78 Å². The van der Waals surface area contributed by atoms with Crippen molar-refractivity contribution >= 4 is 48.1 Å². The Bertz CT molecular complexity index is 1920. The van der Waals surface area contributed by atoms with Crippen LogP contribution in [0.2, 0.25) is 0 Å². The van der Waals surface area contributed by atoms with Crippen LogP contribution in [0.15, 0.2) is 60.5 Å². The average molecular weight is 856 g/mol. The first-order valence-corrected chi connectivity index (χ1v) is 18.5. The van der Waals surface area contributed by atoms with Gasteiger partial charge in [0.2, 0.25) is 0 Å². The zero-order valence-electron chi connectivity index (χ0n) is 31.4. The molecule has 5 aromatic rings. The van der Waals surface area contributed by atoms with Crippen molar-refractivity contribution in [2.24, 2.45) is 17.3 Å². The molecule has 1 radical (unpaired) electrons. The molecule has 0 aliphatic carbocycles. The van der Waals surface area contributed by atoms with Crippen molar-refractivity contribution in [2.75, 3.05) is 0 Å². The number of hydrogen-bond acceptors (Lipinski definition) is 5. The number of aliphatic hydroxyl groups is 1. The summed E-state index contributed by atoms with van der Waals surface area (Å²) in [5, 5.41) is 14.6. The smallest absolute Gasteiger partial charge is 0.162 e. The van der Waals surface area contributed by atoms with Gasteiger partial charge in [-0.1, -0.05) is 98.4 Å². The van der Waals surface area contributed by atoms with Crippen molar-refractivity contribution in [3.63, 3.8) is 0 Å². The summed E-state index contributed by atoms with van der Waals surface area (Å²) >= 11 is 1.82. The van der Waals surface area contributed by atoms with Gasteiger partial charge in [0.25, 0.3) is 0 Å². The van der Waals surface area contributed by atoms with Gasteiger partial charge in [0.1, 0.15) is 0 Å². The van der Waals surface area contributed by atoms with E-state index in [2.05, 4.69) is 97.0 Å². The second-order valence-corrected chi connectivity index (χ2v) is 16.5. The summed E-state index contributed by atoms with van der Waals surface area (Å²) in [5.41, 5.74) is 5.68. The number of fused-ring (bicyclic) bond motifs is 4. The number of nitrogens with zero attached hydrogens (tertiary/aromatic N) is 2. The van der Waals surface area contributed by atoms with Crippen LogP contribution >= 0.6 is 11.3 Å². The topological polar surface area (TPSA) is 63.1 Å². The molecule has 5 rings (SSSR count). The zero-order chi connectivity index (χ0) is 35.4. The van der Waals surface area contributed by atoms with Gasteiger partial charge in [-0.3, -0.25) is 9.78 Å². The largest absolute Gasteiger partial charge is 0.512 e. The van der Waals surface area contributed by atoms with Crippen molar-refractivity contribution < 1.29 is 30.0 Å². The molecule has 2 aromatic carbocycles. The van der Waals surface area contributed by atoms with Crippen molar-refractivity contribution in [2.45, 2.75) is 114 Å². The molecule has 0 saturated heterocycles. The first-order valence-electron chi connectivity index (χ1n) is 17.7. The molecule has 0 atom stereocenters. The first-order chi connectivity index (χ1) is 22.6. The van der Waals surface area contributed by atoms with E-state index < -0.39 is 0 Å². The fourth-order valence-electron chi connectivity index (χ4n) is 6.39. The third-order valence-corrected chi connectivity index (χ3v) is 10.3. The monoisotopic (exact) mass is 856 g/mol. The molecule has 3 aromatic heterocycles. The van der Waals surface area contributed by atoms with Crippen LogP contribution in [-0.4, -0.2) is 20.9 Å². The Morgan fingerprint density at radius 1 is 0.878 bits per heavy atom. The van der Waals surface area contributed by atoms with Crippen LogP contribution in [0, 0.1) is 30.2 Å². The molecule has 0 bridgehead atoms. The number of thiophene rings is 1. The van der Waals surface area contributed by atoms with E-state index in [0.29, 0.717) is 0 Å². The van der Waals surface area contributed by atoms with Gasteiger partial charge in [-0.05, 0) is 78.3 Å². The van der Waals surface area contributed by atoms with Crippen LogP contribution in [-0.2, 0) is 36.7 Å². The van der Waals surface area contributed by atoms with Gasteiger partial charge in [-0.15, -0.1) is 34.9 Å². The Balaban J connectivity index is 0.000000347. The van der Waals surface area contributed by atoms with Crippen molar-refractivity contribution in [1.82, 2.24) is 9.97 Å². The predicted octanol–water partition coefficient (Wildman–Crippen LogP) is 12.5. The van der Waals surface area contributed by atoms with Crippen LogP contribution in [0.4, 0.5) is 0 Å². The maximum Gasteiger partial charge on any atom is 0.162 e. The first kappa shape index (κ1) is 40.5. The molecule has 0 fully saturated rings. The summed E-state index contributed by atoms with van der Waals surface area (Å²) in [6.07, 6.45) is 7.89. The van der Waals surface area contributed by atoms with Gasteiger partial charge in [0, 0.05) is 70.7 Å². The van der Waals surface area contributed by atoms with Gasteiger partial charge in [-0.2, -0.15) is 0 Å². The van der Waals surface area contributed by atoms with E-state index in [1.165, 1.54) is 42.8 Å². The van der Waals surface area contributed by atoms with E-state index in [9.17, 15) is 9.90 Å². The zero-order valence-corrected chi connectivity index (χ0v) is 34.6. The molecular weight excluding hydrogens is 801 g/mol. The van der Waals surface area contributed by atoms with E-state index >= 15 is 0 Å². The number of allylic oxidation sites excluding steroid dienone is 2. The minimum atomic E-state index is -0.0776. The normalized spacial score (nSPS) is 12.5. The van der Waals surface area contributed by atoms with Crippen LogP contribution in [0.25, 0.3) is 42.3 Å². The average Bonchev–Trinajstić information content (AvgIpc) is 3.38. The summed E-state index contributed by atoms with van der Waals surface area (Å²) in [4.78, 5) is 21.7. The fourth-order valence-corrected chi connectivity index (χ4v) is 7.64. The molecule has 1 N–H and O–H groups in total. The Kier molecular flexibility index (Phi) is 13.9. The number of aryl methyl sites for hydroxylation is 1. The molecule has 0 saturated carbocycles. The maximum absolute atomic E-state index is 11.7. The van der Waals surface area contributed by atoms with Crippen molar-refractivity contribution in [3.05, 3.63) is 83.4 Å². The summed E-state index contributed by atoms with van der Waals surface area (Å²) in [7, 11) is 0. The minimum Gasteiger partial charge on any atom is -0.512 e. The van der Waals surface area contributed by atoms with Gasteiger partial charge in [-0.25, -0.2) is 0 Å². The second-order valence-electron chi connectivity index (χ2n) is 15.4.